The first-order chi connectivity index (χ1) is 23.4. The summed E-state index contributed by atoms with van der Waals surface area (Å²) in [4.78, 5) is 42.3. The Hall–Kier alpha value is -5.96. The SMILES string of the molecule is O=C(N/C(=C/c1ccc(/C=C(/NC(=O)c2ccccc2)c2nc3ccc(Cl)cc3[nH]2)cc1)c1nc2cc(Cl)ccc2[nH]1)c1ccccc1. The van der Waals surface area contributed by atoms with Crippen molar-refractivity contribution in [1.82, 2.24) is 30.6 Å². The number of hydrogen-bond donors (Lipinski definition) is 4. The number of hydrogen-bond acceptors (Lipinski definition) is 4. The first-order valence-corrected chi connectivity index (χ1v) is 15.7. The van der Waals surface area contributed by atoms with Crippen molar-refractivity contribution in [2.75, 3.05) is 0 Å². The van der Waals surface area contributed by atoms with E-state index in [1.54, 1.807) is 48.5 Å². The Morgan fingerprint density at radius 3 is 1.58 bits per heavy atom. The number of halogens is 2. The van der Waals surface area contributed by atoms with Crippen molar-refractivity contribution in [2.24, 2.45) is 0 Å². The molecule has 0 atom stereocenters. The van der Waals surface area contributed by atoms with Crippen molar-refractivity contribution in [2.45, 2.75) is 0 Å². The van der Waals surface area contributed by atoms with Crippen LogP contribution in [0.15, 0.2) is 121 Å². The molecule has 8 nitrogen and oxygen atoms in total. The molecular weight excluding hydrogens is 643 g/mol. The van der Waals surface area contributed by atoms with Gasteiger partial charge >= 0.3 is 0 Å². The zero-order valence-electron chi connectivity index (χ0n) is 25.2. The number of nitrogens with zero attached hydrogens (tertiary/aromatic N) is 2. The quantitative estimate of drug-likeness (QED) is 0.130. The number of fused-ring (bicyclic) bond motifs is 2. The number of H-pyrrole nitrogens is 2. The summed E-state index contributed by atoms with van der Waals surface area (Å²) in [5.74, 6) is 0.421. The lowest BCUT2D eigenvalue weighted by atomic mass is 10.1. The van der Waals surface area contributed by atoms with E-state index in [9.17, 15) is 9.59 Å². The van der Waals surface area contributed by atoms with Crippen LogP contribution in [0, 0.1) is 0 Å². The van der Waals surface area contributed by atoms with Gasteiger partial charge in [-0.15, -0.1) is 0 Å². The van der Waals surface area contributed by atoms with Crippen LogP contribution in [0.4, 0.5) is 0 Å². The van der Waals surface area contributed by atoms with E-state index in [4.69, 9.17) is 33.2 Å². The number of benzene rings is 5. The smallest absolute Gasteiger partial charge is 0.255 e. The number of amides is 2. The van der Waals surface area contributed by atoms with Gasteiger partial charge in [0.25, 0.3) is 11.8 Å². The normalized spacial score (nSPS) is 12.0. The van der Waals surface area contributed by atoms with Crippen LogP contribution in [0.3, 0.4) is 0 Å². The maximum Gasteiger partial charge on any atom is 0.255 e. The van der Waals surface area contributed by atoms with E-state index in [1.807, 2.05) is 84.9 Å². The van der Waals surface area contributed by atoms with Crippen LogP contribution in [-0.4, -0.2) is 31.8 Å². The zero-order valence-corrected chi connectivity index (χ0v) is 26.7. The van der Waals surface area contributed by atoms with Gasteiger partial charge in [-0.1, -0.05) is 83.9 Å². The van der Waals surface area contributed by atoms with Crippen molar-refractivity contribution >= 4 is 80.6 Å². The molecule has 0 unspecified atom stereocenters. The van der Waals surface area contributed by atoms with Crippen LogP contribution in [0.25, 0.3) is 45.6 Å². The van der Waals surface area contributed by atoms with Crippen LogP contribution < -0.4 is 10.6 Å². The molecule has 5 aromatic carbocycles. The summed E-state index contributed by atoms with van der Waals surface area (Å²) in [6, 6.07) is 36.4. The van der Waals surface area contributed by atoms with Gasteiger partial charge in [0.05, 0.1) is 33.5 Å². The topological polar surface area (TPSA) is 116 Å². The van der Waals surface area contributed by atoms with Gasteiger partial charge in [0.15, 0.2) is 11.6 Å². The van der Waals surface area contributed by atoms with Gasteiger partial charge in [-0.25, -0.2) is 9.97 Å². The molecule has 0 saturated carbocycles. The van der Waals surface area contributed by atoms with Crippen LogP contribution in [0.2, 0.25) is 10.0 Å². The van der Waals surface area contributed by atoms with Crippen molar-refractivity contribution in [1.29, 1.82) is 0 Å². The lowest BCUT2D eigenvalue weighted by Gasteiger charge is -2.10. The fraction of sp³-hybridized carbons (Fsp3) is 0. The second-order valence-corrected chi connectivity index (χ2v) is 11.8. The van der Waals surface area contributed by atoms with Gasteiger partial charge in [-0.05, 0) is 83.9 Å². The zero-order chi connectivity index (χ0) is 33.0. The Balaban J connectivity index is 1.23. The van der Waals surface area contributed by atoms with Crippen molar-refractivity contribution in [3.05, 3.63) is 165 Å². The molecule has 0 aliphatic heterocycles. The summed E-state index contributed by atoms with van der Waals surface area (Å²) in [5.41, 5.74) is 6.53. The predicted molar refractivity (Wildman–Crippen MR) is 192 cm³/mol. The van der Waals surface area contributed by atoms with Crippen molar-refractivity contribution < 1.29 is 9.59 Å². The number of nitrogens with one attached hydrogen (secondary N) is 4. The van der Waals surface area contributed by atoms with Gasteiger partial charge in [0.1, 0.15) is 0 Å². The maximum absolute atomic E-state index is 13.2. The predicted octanol–water partition coefficient (Wildman–Crippen LogP) is 8.60. The molecule has 0 fully saturated rings. The fourth-order valence-electron chi connectivity index (χ4n) is 5.13. The number of imidazole rings is 2. The van der Waals surface area contributed by atoms with Crippen LogP contribution in [0.1, 0.15) is 43.5 Å². The van der Waals surface area contributed by atoms with Crippen molar-refractivity contribution in [3.8, 4) is 0 Å². The van der Waals surface area contributed by atoms with Crippen LogP contribution >= 0.6 is 23.2 Å². The molecule has 4 N–H and O–H groups in total. The summed E-state index contributed by atoms with van der Waals surface area (Å²) in [5, 5.41) is 7.16. The Labute approximate surface area is 285 Å². The first kappa shape index (κ1) is 30.7. The van der Waals surface area contributed by atoms with E-state index < -0.39 is 0 Å². The molecule has 0 spiro atoms. The minimum Gasteiger partial charge on any atom is -0.337 e. The van der Waals surface area contributed by atoms with E-state index in [1.165, 1.54) is 0 Å². The van der Waals surface area contributed by atoms with Crippen molar-refractivity contribution in [3.63, 3.8) is 0 Å². The van der Waals surface area contributed by atoms with E-state index >= 15 is 0 Å². The monoisotopic (exact) mass is 668 g/mol. The average Bonchev–Trinajstić information content (AvgIpc) is 3.73. The van der Waals surface area contributed by atoms with E-state index in [0.717, 1.165) is 22.2 Å². The summed E-state index contributed by atoms with van der Waals surface area (Å²) in [7, 11) is 0. The van der Waals surface area contributed by atoms with Gasteiger partial charge in [-0.3, -0.25) is 9.59 Å². The highest BCUT2D eigenvalue weighted by atomic mass is 35.5. The largest absolute Gasteiger partial charge is 0.337 e. The number of rotatable bonds is 8. The molecule has 0 saturated heterocycles. The summed E-state index contributed by atoms with van der Waals surface area (Å²) in [6.07, 6.45) is 3.68. The van der Waals surface area contributed by atoms with Gasteiger partial charge in [0, 0.05) is 21.2 Å². The summed E-state index contributed by atoms with van der Waals surface area (Å²) < 4.78 is 0. The van der Waals surface area contributed by atoms with E-state index in [2.05, 4.69) is 20.6 Å². The molecule has 7 aromatic rings. The van der Waals surface area contributed by atoms with E-state index in [0.29, 0.717) is 55.2 Å². The Morgan fingerprint density at radius 1 is 0.542 bits per heavy atom. The Bertz CT molecular complexity index is 2180. The molecule has 234 valence electrons. The highest BCUT2D eigenvalue weighted by Crippen LogP contribution is 2.24. The standard InChI is InChI=1S/C38H26Cl2N6O2/c39-27-15-17-29-31(21-27)43-35(41-29)33(45-37(47)25-7-3-1-4-8-25)19-23-11-13-24(14-12-23)20-34(46-38(48)26-9-5-2-6-10-26)36-42-30-18-16-28(40)22-32(30)44-36/h1-22H,(H,41,43)(H,42,44)(H,45,47)(H,46,48)/b33-19+,34-20+. The molecule has 0 aliphatic rings. The average molecular weight is 670 g/mol. The molecule has 7 rings (SSSR count). The van der Waals surface area contributed by atoms with Crippen LogP contribution in [-0.2, 0) is 0 Å². The Kier molecular flexibility index (Phi) is 8.57. The molecule has 2 aromatic heterocycles. The summed E-state index contributed by atoms with van der Waals surface area (Å²) in [6.45, 7) is 0. The molecule has 2 heterocycles. The highest BCUT2D eigenvalue weighted by Gasteiger charge is 2.16. The lowest BCUT2D eigenvalue weighted by molar-refractivity contribution is 0.0965. The van der Waals surface area contributed by atoms with Gasteiger partial charge in [-0.2, -0.15) is 0 Å². The highest BCUT2D eigenvalue weighted by molar-refractivity contribution is 6.31. The van der Waals surface area contributed by atoms with Gasteiger partial charge < -0.3 is 20.6 Å². The molecule has 0 radical (unpaired) electrons. The molecule has 0 bridgehead atoms. The second-order valence-electron chi connectivity index (χ2n) is 10.9. The van der Waals surface area contributed by atoms with Gasteiger partial charge in [0.2, 0.25) is 0 Å². The summed E-state index contributed by atoms with van der Waals surface area (Å²) >= 11 is 12.4. The fourth-order valence-corrected chi connectivity index (χ4v) is 5.47. The molecule has 2 amide bonds. The molecule has 48 heavy (non-hydrogen) atoms. The third-order valence-corrected chi connectivity index (χ3v) is 8.00. The van der Waals surface area contributed by atoms with E-state index in [-0.39, 0.29) is 11.8 Å². The minimum atomic E-state index is -0.272. The van der Waals surface area contributed by atoms with Crippen LogP contribution in [0.5, 0.6) is 0 Å². The molecule has 0 aliphatic carbocycles. The Morgan fingerprint density at radius 2 is 1.02 bits per heavy atom. The molecular formula is C38H26Cl2N6O2. The number of carbonyl (C=O) groups is 2. The number of aromatic amines is 2. The second kappa shape index (κ2) is 13.4. The molecule has 10 heteroatoms. The number of aromatic nitrogens is 4. The third-order valence-electron chi connectivity index (χ3n) is 7.53. The first-order valence-electron chi connectivity index (χ1n) is 15.0. The lowest BCUT2D eigenvalue weighted by Crippen LogP contribution is -2.22. The minimum absolute atomic E-state index is 0.272. The number of carbonyl (C=O) groups excluding carboxylic acids is 2. The maximum atomic E-state index is 13.2. The third kappa shape index (κ3) is 6.90.